The second-order valence-corrected chi connectivity index (χ2v) is 13.2. The predicted octanol–water partition coefficient (Wildman–Crippen LogP) is 9.83. The van der Waals surface area contributed by atoms with Crippen molar-refractivity contribution in [2.75, 3.05) is 0 Å². The van der Waals surface area contributed by atoms with Crippen LogP contribution in [0.2, 0.25) is 0 Å². The molecule has 2 heteroatoms. The molecule has 2 nitrogen and oxygen atoms in total. The molecule has 2 fully saturated rings. The summed E-state index contributed by atoms with van der Waals surface area (Å²) in [6, 6.07) is 11.3. The van der Waals surface area contributed by atoms with Crippen molar-refractivity contribution >= 4 is 11.9 Å². The molecule has 2 aliphatic carbocycles. The van der Waals surface area contributed by atoms with Gasteiger partial charge in [0, 0.05) is 17.3 Å². The van der Waals surface area contributed by atoms with Crippen LogP contribution in [0.1, 0.15) is 145 Å². The number of benzene rings is 2. The molecule has 190 valence electrons. The number of hydrogen-bond donors (Lipinski definition) is 1. The summed E-state index contributed by atoms with van der Waals surface area (Å²) >= 11 is 0. The Morgan fingerprint density at radius 2 is 1.26 bits per heavy atom. The molecule has 0 bridgehead atoms. The van der Waals surface area contributed by atoms with Gasteiger partial charge in [-0.05, 0) is 71.1 Å². The fourth-order valence-electron chi connectivity index (χ4n) is 6.11. The number of phenolic OH excluding ortho intramolecular Hbond substituents is 1. The molecule has 0 atom stereocenters. The van der Waals surface area contributed by atoms with E-state index in [1.54, 1.807) is 0 Å². The fraction of sp³-hybridized carbons (Fsp3) is 0.606. The number of aromatic hydroxyl groups is 1. The van der Waals surface area contributed by atoms with Gasteiger partial charge in [-0.25, -0.2) is 0 Å². The highest BCUT2D eigenvalue weighted by Gasteiger charge is 2.26. The molecule has 2 aromatic carbocycles. The van der Waals surface area contributed by atoms with Gasteiger partial charge in [0.25, 0.3) is 0 Å². The van der Waals surface area contributed by atoms with E-state index in [2.05, 4.69) is 71.9 Å². The fourth-order valence-corrected chi connectivity index (χ4v) is 6.11. The van der Waals surface area contributed by atoms with Crippen LogP contribution >= 0.6 is 0 Å². The van der Waals surface area contributed by atoms with Gasteiger partial charge in [0.2, 0.25) is 0 Å². The third-order valence-electron chi connectivity index (χ3n) is 8.33. The summed E-state index contributed by atoms with van der Waals surface area (Å²) in [5.74, 6) is 1.60. The van der Waals surface area contributed by atoms with Gasteiger partial charge in [-0.15, -0.1) is 0 Å². The lowest BCUT2D eigenvalue weighted by atomic mass is 9.78. The summed E-state index contributed by atoms with van der Waals surface area (Å²) in [4.78, 5) is 5.25. The lowest BCUT2D eigenvalue weighted by molar-refractivity contribution is 0.436. The van der Waals surface area contributed by atoms with Gasteiger partial charge in [0.05, 0.1) is 5.69 Å². The Balaban J connectivity index is 1.83. The molecule has 0 spiro atoms. The summed E-state index contributed by atoms with van der Waals surface area (Å²) < 4.78 is 0. The normalized spacial score (nSPS) is 18.9. The molecule has 0 unspecified atom stereocenters. The summed E-state index contributed by atoms with van der Waals surface area (Å²) in [7, 11) is 0. The summed E-state index contributed by atoms with van der Waals surface area (Å²) in [5, 5.41) is 11.3. The number of nitrogens with zero attached hydrogens (tertiary/aromatic N) is 1. The zero-order chi connectivity index (χ0) is 25.2. The minimum atomic E-state index is -0.138. The Kier molecular flexibility index (Phi) is 7.79. The zero-order valence-electron chi connectivity index (χ0n) is 23.1. The van der Waals surface area contributed by atoms with E-state index in [1.165, 1.54) is 86.6 Å². The lowest BCUT2D eigenvalue weighted by Gasteiger charge is -2.28. The van der Waals surface area contributed by atoms with Crippen molar-refractivity contribution in [2.45, 2.75) is 128 Å². The Morgan fingerprint density at radius 3 is 1.71 bits per heavy atom. The smallest absolute Gasteiger partial charge is 0.128 e. The molecule has 2 aromatic rings. The SMILES string of the molecule is CC(C)(C)c1cc(C=Nc2c(C3CCCCC3)cccc2C2CCCCC2)c(O)c(C(C)(C)C)c1. The van der Waals surface area contributed by atoms with E-state index in [1.807, 2.05) is 6.21 Å². The van der Waals surface area contributed by atoms with Gasteiger partial charge in [-0.1, -0.05) is 104 Å². The first-order valence-electron chi connectivity index (χ1n) is 14.1. The van der Waals surface area contributed by atoms with Gasteiger partial charge in [-0.2, -0.15) is 0 Å². The molecule has 2 saturated carbocycles. The largest absolute Gasteiger partial charge is 0.507 e. The number of hydrogen-bond acceptors (Lipinski definition) is 2. The predicted molar refractivity (Wildman–Crippen MR) is 151 cm³/mol. The second kappa shape index (κ2) is 10.5. The highest BCUT2D eigenvalue weighted by molar-refractivity contribution is 5.87. The van der Waals surface area contributed by atoms with Crippen molar-refractivity contribution in [3.63, 3.8) is 0 Å². The topological polar surface area (TPSA) is 32.6 Å². The van der Waals surface area contributed by atoms with Crippen LogP contribution in [-0.4, -0.2) is 11.3 Å². The van der Waals surface area contributed by atoms with Gasteiger partial charge >= 0.3 is 0 Å². The third kappa shape index (κ3) is 6.01. The van der Waals surface area contributed by atoms with Crippen molar-refractivity contribution in [2.24, 2.45) is 4.99 Å². The van der Waals surface area contributed by atoms with Crippen molar-refractivity contribution in [1.82, 2.24) is 0 Å². The Morgan fingerprint density at radius 1 is 0.743 bits per heavy atom. The van der Waals surface area contributed by atoms with Crippen molar-refractivity contribution < 1.29 is 5.11 Å². The highest BCUT2D eigenvalue weighted by Crippen LogP contribution is 2.45. The minimum absolute atomic E-state index is 0.00352. The van der Waals surface area contributed by atoms with Crippen LogP contribution in [0.4, 0.5) is 5.69 Å². The summed E-state index contributed by atoms with van der Waals surface area (Å²) in [5.41, 5.74) is 7.02. The van der Waals surface area contributed by atoms with E-state index in [4.69, 9.17) is 4.99 Å². The van der Waals surface area contributed by atoms with Crippen LogP contribution in [0, 0.1) is 0 Å². The maximum atomic E-state index is 11.3. The Hall–Kier alpha value is -2.09. The number of aliphatic imine (C=N–C) groups is 1. The molecule has 0 saturated heterocycles. The maximum Gasteiger partial charge on any atom is 0.128 e. The molecular weight excluding hydrogens is 426 g/mol. The van der Waals surface area contributed by atoms with E-state index in [-0.39, 0.29) is 10.8 Å². The Bertz CT molecular complexity index is 1000. The minimum Gasteiger partial charge on any atom is -0.507 e. The maximum absolute atomic E-state index is 11.3. The first-order valence-corrected chi connectivity index (χ1v) is 14.1. The van der Waals surface area contributed by atoms with Crippen LogP contribution in [0.25, 0.3) is 0 Å². The molecule has 0 aliphatic heterocycles. The zero-order valence-corrected chi connectivity index (χ0v) is 23.1. The summed E-state index contributed by atoms with van der Waals surface area (Å²) in [6.07, 6.45) is 15.1. The molecule has 0 aromatic heterocycles. The van der Waals surface area contributed by atoms with Gasteiger partial charge in [0.15, 0.2) is 0 Å². The van der Waals surface area contributed by atoms with Gasteiger partial charge in [-0.3, -0.25) is 4.99 Å². The van der Waals surface area contributed by atoms with Crippen molar-refractivity contribution in [1.29, 1.82) is 0 Å². The van der Waals surface area contributed by atoms with Crippen molar-refractivity contribution in [3.8, 4) is 5.75 Å². The molecule has 4 rings (SSSR count). The lowest BCUT2D eigenvalue weighted by Crippen LogP contribution is -2.17. The van der Waals surface area contributed by atoms with E-state index < -0.39 is 0 Å². The van der Waals surface area contributed by atoms with Gasteiger partial charge < -0.3 is 5.11 Å². The highest BCUT2D eigenvalue weighted by atomic mass is 16.3. The van der Waals surface area contributed by atoms with E-state index in [0.717, 1.165) is 11.1 Å². The quantitative estimate of drug-likeness (QED) is 0.440. The van der Waals surface area contributed by atoms with Crippen LogP contribution in [-0.2, 0) is 10.8 Å². The first kappa shape index (κ1) is 26.0. The number of phenols is 1. The van der Waals surface area contributed by atoms with Crippen LogP contribution in [0.15, 0.2) is 35.3 Å². The number of para-hydroxylation sites is 1. The van der Waals surface area contributed by atoms with Crippen molar-refractivity contribution in [3.05, 3.63) is 58.1 Å². The first-order chi connectivity index (χ1) is 16.6. The van der Waals surface area contributed by atoms with Crippen LogP contribution in [0.5, 0.6) is 5.75 Å². The average molecular weight is 474 g/mol. The van der Waals surface area contributed by atoms with E-state index >= 15 is 0 Å². The standard InChI is InChI=1S/C33H47NO/c1-32(2,3)26-20-25(31(35)29(21-26)33(4,5)6)22-34-30-27(23-14-9-7-10-15-23)18-13-19-28(30)24-16-11-8-12-17-24/h13,18-24,35H,7-12,14-17H2,1-6H3. The molecule has 2 aliphatic rings. The molecule has 35 heavy (non-hydrogen) atoms. The second-order valence-electron chi connectivity index (χ2n) is 13.2. The molecule has 0 heterocycles. The Labute approximate surface area is 214 Å². The van der Waals surface area contributed by atoms with Crippen LogP contribution < -0.4 is 0 Å². The molecule has 0 radical (unpaired) electrons. The number of rotatable bonds is 4. The third-order valence-corrected chi connectivity index (χ3v) is 8.33. The molecule has 1 N–H and O–H groups in total. The average Bonchev–Trinajstić information content (AvgIpc) is 2.83. The van der Waals surface area contributed by atoms with Gasteiger partial charge in [0.1, 0.15) is 5.75 Å². The monoisotopic (exact) mass is 473 g/mol. The van der Waals surface area contributed by atoms with E-state index in [0.29, 0.717) is 17.6 Å². The summed E-state index contributed by atoms with van der Waals surface area (Å²) in [6.45, 7) is 13.3. The molecule has 0 amide bonds. The van der Waals surface area contributed by atoms with Crippen LogP contribution in [0.3, 0.4) is 0 Å². The molecular formula is C33H47NO. The van der Waals surface area contributed by atoms with E-state index in [9.17, 15) is 5.11 Å².